The number of amides is 1. The maximum absolute atomic E-state index is 13.7. The third-order valence-electron chi connectivity index (χ3n) is 4.77. The lowest BCUT2D eigenvalue weighted by molar-refractivity contribution is 0.102. The number of halogens is 1. The van der Waals surface area contributed by atoms with Gasteiger partial charge in [0, 0.05) is 41.3 Å². The number of anilines is 1. The molecule has 0 atom stereocenters. The van der Waals surface area contributed by atoms with Crippen molar-refractivity contribution in [3.63, 3.8) is 0 Å². The summed E-state index contributed by atoms with van der Waals surface area (Å²) in [4.78, 5) is 25.1. The van der Waals surface area contributed by atoms with E-state index in [1.54, 1.807) is 56.0 Å². The highest BCUT2D eigenvalue weighted by molar-refractivity contribution is 6.04. The van der Waals surface area contributed by atoms with Gasteiger partial charge in [0.1, 0.15) is 17.4 Å². The van der Waals surface area contributed by atoms with Crippen molar-refractivity contribution in [2.45, 2.75) is 13.8 Å². The zero-order valence-electron chi connectivity index (χ0n) is 17.0. The van der Waals surface area contributed by atoms with E-state index in [1.165, 1.54) is 12.1 Å². The second-order valence-electron chi connectivity index (χ2n) is 6.93. The SMILES string of the molecule is Cc1cc(Oc2cccnc2)ncc1-c1ccc(NC(=O)c2cccc(F)c2C)nc1. The van der Waals surface area contributed by atoms with E-state index in [0.29, 0.717) is 23.0 Å². The predicted molar refractivity (Wildman–Crippen MR) is 116 cm³/mol. The molecule has 3 heterocycles. The first kappa shape index (κ1) is 20.2. The zero-order valence-corrected chi connectivity index (χ0v) is 17.0. The van der Waals surface area contributed by atoms with E-state index in [9.17, 15) is 9.18 Å². The Bertz CT molecular complexity index is 1230. The van der Waals surface area contributed by atoms with Crippen LogP contribution in [0.15, 0.2) is 73.3 Å². The van der Waals surface area contributed by atoms with Crippen LogP contribution in [0.5, 0.6) is 11.6 Å². The molecule has 4 rings (SSSR count). The Labute approximate surface area is 178 Å². The fourth-order valence-corrected chi connectivity index (χ4v) is 3.08. The van der Waals surface area contributed by atoms with E-state index in [1.807, 2.05) is 19.1 Å². The van der Waals surface area contributed by atoms with Gasteiger partial charge in [-0.2, -0.15) is 0 Å². The van der Waals surface area contributed by atoms with Crippen LogP contribution < -0.4 is 10.1 Å². The minimum atomic E-state index is -0.421. The molecule has 0 unspecified atom stereocenters. The number of hydrogen-bond donors (Lipinski definition) is 1. The number of aryl methyl sites for hydroxylation is 1. The number of hydrogen-bond acceptors (Lipinski definition) is 5. The molecule has 31 heavy (non-hydrogen) atoms. The van der Waals surface area contributed by atoms with Gasteiger partial charge in [-0.25, -0.2) is 14.4 Å². The van der Waals surface area contributed by atoms with Gasteiger partial charge in [-0.05, 0) is 61.4 Å². The highest BCUT2D eigenvalue weighted by Crippen LogP contribution is 2.27. The van der Waals surface area contributed by atoms with E-state index in [4.69, 9.17) is 4.74 Å². The van der Waals surface area contributed by atoms with Gasteiger partial charge in [-0.3, -0.25) is 9.78 Å². The Morgan fingerprint density at radius 3 is 2.58 bits per heavy atom. The first-order valence-corrected chi connectivity index (χ1v) is 9.58. The molecular weight excluding hydrogens is 395 g/mol. The minimum Gasteiger partial charge on any atom is -0.437 e. The Morgan fingerprint density at radius 1 is 1.00 bits per heavy atom. The van der Waals surface area contributed by atoms with Gasteiger partial charge in [-0.15, -0.1) is 0 Å². The Kier molecular flexibility index (Phi) is 5.66. The van der Waals surface area contributed by atoms with E-state index in [0.717, 1.165) is 16.7 Å². The smallest absolute Gasteiger partial charge is 0.257 e. The summed E-state index contributed by atoms with van der Waals surface area (Å²) < 4.78 is 19.4. The van der Waals surface area contributed by atoms with Crippen LogP contribution >= 0.6 is 0 Å². The first-order chi connectivity index (χ1) is 15.0. The summed E-state index contributed by atoms with van der Waals surface area (Å²) in [6, 6.07) is 13.4. The van der Waals surface area contributed by atoms with Gasteiger partial charge in [0.25, 0.3) is 5.91 Å². The molecular formula is C24H19FN4O2. The molecule has 0 spiro atoms. The van der Waals surface area contributed by atoms with Crippen LogP contribution in [0.1, 0.15) is 21.5 Å². The van der Waals surface area contributed by atoms with Crippen molar-refractivity contribution in [2.24, 2.45) is 0 Å². The molecule has 0 fully saturated rings. The summed E-state index contributed by atoms with van der Waals surface area (Å²) in [6.45, 7) is 3.52. The number of nitrogens with one attached hydrogen (secondary N) is 1. The number of ether oxygens (including phenoxy) is 1. The molecule has 1 N–H and O–H groups in total. The molecule has 0 aliphatic heterocycles. The van der Waals surface area contributed by atoms with Gasteiger partial charge < -0.3 is 10.1 Å². The zero-order chi connectivity index (χ0) is 21.8. The summed E-state index contributed by atoms with van der Waals surface area (Å²) in [5.74, 6) is 0.621. The molecule has 0 aliphatic rings. The fraction of sp³-hybridized carbons (Fsp3) is 0.0833. The summed E-state index contributed by atoms with van der Waals surface area (Å²) in [5.41, 5.74) is 3.27. The molecule has 1 amide bonds. The maximum atomic E-state index is 13.7. The molecule has 0 saturated heterocycles. The summed E-state index contributed by atoms with van der Waals surface area (Å²) in [5, 5.41) is 2.70. The summed E-state index contributed by atoms with van der Waals surface area (Å²) in [6.07, 6.45) is 6.66. The van der Waals surface area contributed by atoms with E-state index in [2.05, 4.69) is 20.3 Å². The first-order valence-electron chi connectivity index (χ1n) is 9.58. The van der Waals surface area contributed by atoms with Gasteiger partial charge in [-0.1, -0.05) is 6.07 Å². The van der Waals surface area contributed by atoms with Gasteiger partial charge in [0.2, 0.25) is 5.88 Å². The number of carbonyl (C=O) groups excluding carboxylic acids is 1. The third kappa shape index (κ3) is 4.56. The normalized spacial score (nSPS) is 10.5. The van der Waals surface area contributed by atoms with Crippen LogP contribution in [0.25, 0.3) is 11.1 Å². The van der Waals surface area contributed by atoms with Crippen LogP contribution in [0.2, 0.25) is 0 Å². The molecule has 6 nitrogen and oxygen atoms in total. The average molecular weight is 414 g/mol. The van der Waals surface area contributed by atoms with Crippen LogP contribution in [-0.2, 0) is 0 Å². The molecule has 154 valence electrons. The molecule has 4 aromatic rings. The van der Waals surface area contributed by atoms with E-state index >= 15 is 0 Å². The average Bonchev–Trinajstić information content (AvgIpc) is 2.77. The van der Waals surface area contributed by atoms with Crippen molar-refractivity contribution < 1.29 is 13.9 Å². The number of carbonyl (C=O) groups is 1. The highest BCUT2D eigenvalue weighted by atomic mass is 19.1. The van der Waals surface area contributed by atoms with Crippen LogP contribution in [-0.4, -0.2) is 20.9 Å². The second kappa shape index (κ2) is 8.71. The van der Waals surface area contributed by atoms with E-state index in [-0.39, 0.29) is 5.56 Å². The monoisotopic (exact) mass is 414 g/mol. The molecule has 0 radical (unpaired) electrons. The van der Waals surface area contributed by atoms with Crippen LogP contribution in [0, 0.1) is 19.7 Å². The van der Waals surface area contributed by atoms with Crippen molar-refractivity contribution in [2.75, 3.05) is 5.32 Å². The second-order valence-corrected chi connectivity index (χ2v) is 6.93. The topological polar surface area (TPSA) is 77.0 Å². The number of benzene rings is 1. The lowest BCUT2D eigenvalue weighted by Gasteiger charge is -2.10. The highest BCUT2D eigenvalue weighted by Gasteiger charge is 2.13. The molecule has 0 saturated carbocycles. The molecule has 7 heteroatoms. The predicted octanol–water partition coefficient (Wildman–Crippen LogP) is 5.34. The number of rotatable bonds is 5. The number of pyridine rings is 3. The molecule has 0 aliphatic carbocycles. The van der Waals surface area contributed by atoms with Crippen LogP contribution in [0.4, 0.5) is 10.2 Å². The molecule has 1 aromatic carbocycles. The lowest BCUT2D eigenvalue weighted by atomic mass is 10.0. The van der Waals surface area contributed by atoms with E-state index < -0.39 is 11.7 Å². The van der Waals surface area contributed by atoms with Gasteiger partial charge >= 0.3 is 0 Å². The van der Waals surface area contributed by atoms with Crippen molar-refractivity contribution in [3.8, 4) is 22.8 Å². The van der Waals surface area contributed by atoms with Gasteiger partial charge in [0.15, 0.2) is 0 Å². The van der Waals surface area contributed by atoms with Crippen molar-refractivity contribution in [1.82, 2.24) is 15.0 Å². The Balaban J connectivity index is 1.49. The van der Waals surface area contributed by atoms with Gasteiger partial charge in [0.05, 0.1) is 6.20 Å². The number of aromatic nitrogens is 3. The molecule has 3 aromatic heterocycles. The van der Waals surface area contributed by atoms with Crippen molar-refractivity contribution in [1.29, 1.82) is 0 Å². The largest absolute Gasteiger partial charge is 0.437 e. The minimum absolute atomic E-state index is 0.273. The Hall–Kier alpha value is -4.13. The number of nitrogens with zero attached hydrogens (tertiary/aromatic N) is 3. The molecule has 0 bridgehead atoms. The van der Waals surface area contributed by atoms with Crippen LogP contribution in [0.3, 0.4) is 0 Å². The quantitative estimate of drug-likeness (QED) is 0.477. The lowest BCUT2D eigenvalue weighted by Crippen LogP contribution is -2.14. The maximum Gasteiger partial charge on any atom is 0.257 e. The summed E-state index contributed by atoms with van der Waals surface area (Å²) in [7, 11) is 0. The third-order valence-corrected chi connectivity index (χ3v) is 4.77. The van der Waals surface area contributed by atoms with Crippen molar-refractivity contribution in [3.05, 3.63) is 95.8 Å². The standard InChI is InChI=1S/C24H19FN4O2/c1-15-11-23(31-18-5-4-10-26-13-18)28-14-20(15)17-8-9-22(27-12-17)29-24(30)19-6-3-7-21(25)16(19)2/h3-14H,1-2H3,(H,27,29,30). The fourth-order valence-electron chi connectivity index (χ4n) is 3.08. The Morgan fingerprint density at radius 2 is 1.87 bits per heavy atom. The summed E-state index contributed by atoms with van der Waals surface area (Å²) >= 11 is 0. The van der Waals surface area contributed by atoms with Crippen molar-refractivity contribution >= 4 is 11.7 Å².